The lowest BCUT2D eigenvalue weighted by Crippen LogP contribution is -2.46. The number of aliphatic hydroxyl groups is 1. The summed E-state index contributed by atoms with van der Waals surface area (Å²) in [6.07, 6.45) is 4.60. The van der Waals surface area contributed by atoms with E-state index in [1.165, 1.54) is 0 Å². The molecule has 1 aliphatic heterocycles. The Balaban J connectivity index is 1.78. The molecule has 0 bridgehead atoms. The molecule has 2 heterocycles. The van der Waals surface area contributed by atoms with Gasteiger partial charge in [-0.3, -0.25) is 4.68 Å². The number of ether oxygens (including phenoxy) is 1. The maximum Gasteiger partial charge on any atom is 0.0966 e. The van der Waals surface area contributed by atoms with Crippen LogP contribution >= 0.6 is 0 Å². The highest BCUT2D eigenvalue weighted by atomic mass is 16.5. The molecule has 0 spiro atoms. The average Bonchev–Trinajstić information content (AvgIpc) is 2.84. The van der Waals surface area contributed by atoms with E-state index < -0.39 is 0 Å². The van der Waals surface area contributed by atoms with Crippen molar-refractivity contribution >= 4 is 0 Å². The van der Waals surface area contributed by atoms with Gasteiger partial charge in [0.2, 0.25) is 0 Å². The van der Waals surface area contributed by atoms with Gasteiger partial charge in [0, 0.05) is 25.3 Å². The number of hydrogen-bond donors (Lipinski definition) is 2. The van der Waals surface area contributed by atoms with E-state index >= 15 is 0 Å². The van der Waals surface area contributed by atoms with Crippen LogP contribution in [0.5, 0.6) is 0 Å². The molecule has 3 atom stereocenters. The predicted molar refractivity (Wildman–Crippen MR) is 75.0 cm³/mol. The first-order valence-corrected chi connectivity index (χ1v) is 7.14. The standard InChI is InChI=1S/C13H25N5O2/c1-17(2)7-10-8-18(16-15-10)6-5-11-3-4-12(14)13(9-19)20-11/h8,11-13,19H,3-7,9,14H2,1-2H3/t11-,12+,13-/m0/s1. The van der Waals surface area contributed by atoms with E-state index in [4.69, 9.17) is 10.5 Å². The Labute approximate surface area is 119 Å². The largest absolute Gasteiger partial charge is 0.394 e. The minimum absolute atomic E-state index is 0.00598. The molecule has 0 aliphatic carbocycles. The molecule has 7 heteroatoms. The maximum absolute atomic E-state index is 9.21. The molecule has 0 amide bonds. The number of rotatable bonds is 6. The number of aryl methyl sites for hydroxylation is 1. The van der Waals surface area contributed by atoms with Crippen LogP contribution in [0.4, 0.5) is 0 Å². The van der Waals surface area contributed by atoms with Crippen molar-refractivity contribution in [1.82, 2.24) is 19.9 Å². The molecule has 2 rings (SSSR count). The number of aromatic nitrogens is 3. The fourth-order valence-electron chi connectivity index (χ4n) is 2.49. The van der Waals surface area contributed by atoms with Crippen LogP contribution in [-0.4, -0.2) is 64.0 Å². The lowest BCUT2D eigenvalue weighted by molar-refractivity contribution is -0.0861. The van der Waals surface area contributed by atoms with Crippen LogP contribution in [0.15, 0.2) is 6.20 Å². The van der Waals surface area contributed by atoms with Crippen LogP contribution in [0.25, 0.3) is 0 Å². The Morgan fingerprint density at radius 2 is 2.30 bits per heavy atom. The van der Waals surface area contributed by atoms with Crippen molar-refractivity contribution in [3.05, 3.63) is 11.9 Å². The molecule has 0 saturated carbocycles. The maximum atomic E-state index is 9.21. The molecule has 1 aliphatic rings. The quantitative estimate of drug-likeness (QED) is 0.738. The Morgan fingerprint density at radius 3 is 3.00 bits per heavy atom. The molecule has 0 unspecified atom stereocenters. The lowest BCUT2D eigenvalue weighted by Gasteiger charge is -2.33. The van der Waals surface area contributed by atoms with Crippen LogP contribution in [0.1, 0.15) is 25.0 Å². The van der Waals surface area contributed by atoms with Gasteiger partial charge in [-0.15, -0.1) is 5.10 Å². The van der Waals surface area contributed by atoms with Gasteiger partial charge in [-0.05, 0) is 33.4 Å². The van der Waals surface area contributed by atoms with Crippen molar-refractivity contribution in [1.29, 1.82) is 0 Å². The summed E-state index contributed by atoms with van der Waals surface area (Å²) in [7, 11) is 4.01. The van der Waals surface area contributed by atoms with Gasteiger partial charge in [0.1, 0.15) is 0 Å². The first kappa shape index (κ1) is 15.4. The van der Waals surface area contributed by atoms with Gasteiger partial charge < -0.3 is 20.5 Å². The smallest absolute Gasteiger partial charge is 0.0966 e. The van der Waals surface area contributed by atoms with Gasteiger partial charge in [0.25, 0.3) is 0 Å². The summed E-state index contributed by atoms with van der Waals surface area (Å²) in [5, 5.41) is 17.5. The van der Waals surface area contributed by atoms with Gasteiger partial charge in [-0.1, -0.05) is 5.21 Å². The number of aliphatic hydroxyl groups excluding tert-OH is 1. The second-order valence-electron chi connectivity index (χ2n) is 5.72. The predicted octanol–water partition coefficient (Wildman–Crippen LogP) is -0.403. The Morgan fingerprint density at radius 1 is 1.50 bits per heavy atom. The monoisotopic (exact) mass is 283 g/mol. The van der Waals surface area contributed by atoms with Crippen molar-refractivity contribution in [2.45, 2.75) is 50.6 Å². The third-order valence-electron chi connectivity index (χ3n) is 3.59. The van der Waals surface area contributed by atoms with Gasteiger partial charge in [0.15, 0.2) is 0 Å². The zero-order chi connectivity index (χ0) is 14.5. The highest BCUT2D eigenvalue weighted by Crippen LogP contribution is 2.20. The molecule has 3 N–H and O–H groups in total. The minimum Gasteiger partial charge on any atom is -0.394 e. The molecule has 1 aromatic heterocycles. The Hall–Kier alpha value is -1.02. The summed E-state index contributed by atoms with van der Waals surface area (Å²) in [6, 6.07) is -0.0469. The fraction of sp³-hybridized carbons (Fsp3) is 0.846. The molecule has 1 saturated heterocycles. The van der Waals surface area contributed by atoms with E-state index in [-0.39, 0.29) is 24.9 Å². The molecule has 0 aromatic carbocycles. The summed E-state index contributed by atoms with van der Waals surface area (Å²) in [5.41, 5.74) is 6.86. The Bertz CT molecular complexity index is 409. The Kier molecular flexibility index (Phi) is 5.47. The van der Waals surface area contributed by atoms with Crippen molar-refractivity contribution in [2.24, 2.45) is 5.73 Å². The van der Waals surface area contributed by atoms with Crippen LogP contribution in [0, 0.1) is 0 Å². The van der Waals surface area contributed by atoms with Crippen molar-refractivity contribution in [3.8, 4) is 0 Å². The van der Waals surface area contributed by atoms with E-state index in [9.17, 15) is 5.11 Å². The van der Waals surface area contributed by atoms with E-state index in [0.717, 1.165) is 38.0 Å². The molecule has 7 nitrogen and oxygen atoms in total. The summed E-state index contributed by atoms with van der Waals surface area (Å²) in [6.45, 7) is 1.56. The molecule has 0 radical (unpaired) electrons. The zero-order valence-corrected chi connectivity index (χ0v) is 12.3. The van der Waals surface area contributed by atoms with Crippen LogP contribution < -0.4 is 5.73 Å². The highest BCUT2D eigenvalue weighted by molar-refractivity contribution is 4.91. The molecular weight excluding hydrogens is 258 g/mol. The third-order valence-corrected chi connectivity index (χ3v) is 3.59. The summed E-state index contributed by atoms with van der Waals surface area (Å²) in [4.78, 5) is 2.06. The molecule has 20 heavy (non-hydrogen) atoms. The number of nitrogens with two attached hydrogens (primary N) is 1. The van der Waals surface area contributed by atoms with Gasteiger partial charge in [-0.25, -0.2) is 0 Å². The normalized spacial score (nSPS) is 27.1. The van der Waals surface area contributed by atoms with E-state index in [1.807, 2.05) is 25.0 Å². The summed E-state index contributed by atoms with van der Waals surface area (Å²) >= 11 is 0. The van der Waals surface area contributed by atoms with E-state index in [0.29, 0.717) is 0 Å². The lowest BCUT2D eigenvalue weighted by atomic mass is 9.98. The summed E-state index contributed by atoms with van der Waals surface area (Å²) in [5.74, 6) is 0. The molecule has 1 fully saturated rings. The third kappa shape index (κ3) is 4.24. The first-order chi connectivity index (χ1) is 9.58. The van der Waals surface area contributed by atoms with Crippen LogP contribution in [0.3, 0.4) is 0 Å². The number of nitrogens with zero attached hydrogens (tertiary/aromatic N) is 4. The average molecular weight is 283 g/mol. The second kappa shape index (κ2) is 7.12. The van der Waals surface area contributed by atoms with Gasteiger partial charge >= 0.3 is 0 Å². The van der Waals surface area contributed by atoms with Gasteiger partial charge in [0.05, 0.1) is 24.5 Å². The molecule has 1 aromatic rings. The number of hydrogen-bond acceptors (Lipinski definition) is 6. The van der Waals surface area contributed by atoms with Gasteiger partial charge in [-0.2, -0.15) is 0 Å². The fourth-order valence-corrected chi connectivity index (χ4v) is 2.49. The zero-order valence-electron chi connectivity index (χ0n) is 12.3. The topological polar surface area (TPSA) is 89.4 Å². The van der Waals surface area contributed by atoms with Crippen LogP contribution in [0.2, 0.25) is 0 Å². The van der Waals surface area contributed by atoms with E-state index in [1.54, 1.807) is 0 Å². The van der Waals surface area contributed by atoms with E-state index in [2.05, 4.69) is 15.2 Å². The minimum atomic E-state index is -0.228. The second-order valence-corrected chi connectivity index (χ2v) is 5.72. The van der Waals surface area contributed by atoms with Crippen molar-refractivity contribution < 1.29 is 9.84 Å². The van der Waals surface area contributed by atoms with Crippen molar-refractivity contribution in [3.63, 3.8) is 0 Å². The van der Waals surface area contributed by atoms with Crippen molar-refractivity contribution in [2.75, 3.05) is 20.7 Å². The highest BCUT2D eigenvalue weighted by Gasteiger charge is 2.28. The van der Waals surface area contributed by atoms with Crippen LogP contribution in [-0.2, 0) is 17.8 Å². The first-order valence-electron chi connectivity index (χ1n) is 7.14. The molecule has 114 valence electrons. The SMILES string of the molecule is CN(C)Cc1cn(CC[C@@H]2CC[C@@H](N)[C@H](CO)O2)nn1. The summed E-state index contributed by atoms with van der Waals surface area (Å²) < 4.78 is 7.65. The molecular formula is C13H25N5O2.